The summed E-state index contributed by atoms with van der Waals surface area (Å²) in [7, 11) is 0. The van der Waals surface area contributed by atoms with Crippen molar-refractivity contribution in [3.63, 3.8) is 0 Å². The van der Waals surface area contributed by atoms with Crippen molar-refractivity contribution in [1.82, 2.24) is 9.55 Å². The van der Waals surface area contributed by atoms with Crippen molar-refractivity contribution < 1.29 is 23.1 Å². The molecule has 0 unspecified atom stereocenters. The first-order chi connectivity index (χ1) is 14.2. The first kappa shape index (κ1) is 21.1. The molecular weight excluding hydrogens is 396 g/mol. The number of nitrogens with zero attached hydrogens (tertiary/aromatic N) is 2. The van der Waals surface area contributed by atoms with Crippen molar-refractivity contribution in [2.45, 2.75) is 33.4 Å². The Bertz CT molecular complexity index is 1210. The number of carbonyl (C=O) groups is 2. The van der Waals surface area contributed by atoms with Crippen molar-refractivity contribution in [1.29, 1.82) is 0 Å². The molecule has 1 heterocycles. The summed E-state index contributed by atoms with van der Waals surface area (Å²) in [5, 5.41) is 2.18. The van der Waals surface area contributed by atoms with Gasteiger partial charge in [-0.25, -0.2) is 18.6 Å². The minimum Gasteiger partial charge on any atom is -0.449 e. The van der Waals surface area contributed by atoms with Gasteiger partial charge in [0.15, 0.2) is 6.10 Å². The van der Waals surface area contributed by atoms with Crippen LogP contribution >= 0.6 is 0 Å². The number of carbonyl (C=O) groups excluding carboxylic acids is 2. The summed E-state index contributed by atoms with van der Waals surface area (Å²) in [5.74, 6) is -3.16. The minimum atomic E-state index is -1.27. The molecule has 3 rings (SSSR count). The average Bonchev–Trinajstić information content (AvgIpc) is 2.71. The summed E-state index contributed by atoms with van der Waals surface area (Å²) in [4.78, 5) is 41.0. The Balaban J connectivity index is 1.78. The Labute approximate surface area is 170 Å². The molecule has 1 N–H and O–H groups in total. The number of aryl methyl sites for hydroxylation is 2. The van der Waals surface area contributed by atoms with Gasteiger partial charge in [0.05, 0.1) is 22.3 Å². The fourth-order valence-corrected chi connectivity index (χ4v) is 2.93. The first-order valence-electron chi connectivity index (χ1n) is 9.19. The van der Waals surface area contributed by atoms with Gasteiger partial charge in [0, 0.05) is 12.6 Å². The monoisotopic (exact) mass is 415 g/mol. The predicted octanol–water partition coefficient (Wildman–Crippen LogP) is 3.19. The maximum atomic E-state index is 13.7. The van der Waals surface area contributed by atoms with Crippen LogP contribution in [0.25, 0.3) is 11.0 Å². The third kappa shape index (κ3) is 4.19. The second kappa shape index (κ2) is 8.40. The lowest BCUT2D eigenvalue weighted by Gasteiger charge is -2.14. The van der Waals surface area contributed by atoms with E-state index in [1.807, 2.05) is 6.92 Å². The quantitative estimate of drug-likeness (QED) is 0.647. The highest BCUT2D eigenvalue weighted by Gasteiger charge is 2.21. The molecule has 0 spiro atoms. The van der Waals surface area contributed by atoms with Crippen LogP contribution in [0.15, 0.2) is 41.2 Å². The molecule has 0 aliphatic heterocycles. The lowest BCUT2D eigenvalue weighted by molar-refractivity contribution is -0.123. The maximum Gasteiger partial charge on any atom is 0.338 e. The van der Waals surface area contributed by atoms with Crippen LogP contribution in [0.5, 0.6) is 0 Å². The highest BCUT2D eigenvalue weighted by atomic mass is 19.1. The molecule has 0 bridgehead atoms. The summed E-state index contributed by atoms with van der Waals surface area (Å²) in [5.41, 5.74) is 0.854. The van der Waals surface area contributed by atoms with E-state index in [1.54, 1.807) is 13.0 Å². The zero-order valence-corrected chi connectivity index (χ0v) is 16.5. The number of benzene rings is 2. The van der Waals surface area contributed by atoms with E-state index in [2.05, 4.69) is 10.3 Å². The predicted molar refractivity (Wildman–Crippen MR) is 106 cm³/mol. The number of hydrogen-bond acceptors (Lipinski definition) is 5. The van der Waals surface area contributed by atoms with Crippen LogP contribution in [0, 0.1) is 18.6 Å². The molecule has 0 aliphatic carbocycles. The van der Waals surface area contributed by atoms with E-state index in [4.69, 9.17) is 4.74 Å². The van der Waals surface area contributed by atoms with Gasteiger partial charge in [0.25, 0.3) is 11.5 Å². The third-order valence-corrected chi connectivity index (χ3v) is 4.50. The number of aromatic nitrogens is 2. The number of halogens is 2. The van der Waals surface area contributed by atoms with E-state index in [0.29, 0.717) is 23.3 Å². The fraction of sp³-hybridized carbons (Fsp3) is 0.238. The van der Waals surface area contributed by atoms with E-state index in [0.717, 1.165) is 18.2 Å². The van der Waals surface area contributed by atoms with Gasteiger partial charge in [-0.2, -0.15) is 0 Å². The highest BCUT2D eigenvalue weighted by Crippen LogP contribution is 2.17. The van der Waals surface area contributed by atoms with Gasteiger partial charge < -0.3 is 14.6 Å². The van der Waals surface area contributed by atoms with Crippen molar-refractivity contribution in [3.8, 4) is 0 Å². The summed E-state index contributed by atoms with van der Waals surface area (Å²) in [6.07, 6.45) is -1.27. The molecule has 0 saturated heterocycles. The zero-order valence-electron chi connectivity index (χ0n) is 16.5. The fourth-order valence-electron chi connectivity index (χ4n) is 2.93. The topological polar surface area (TPSA) is 90.3 Å². The van der Waals surface area contributed by atoms with Crippen LogP contribution in [-0.4, -0.2) is 27.5 Å². The Morgan fingerprint density at radius 1 is 1.20 bits per heavy atom. The highest BCUT2D eigenvalue weighted by molar-refractivity contribution is 5.98. The molecule has 3 aromatic rings. The van der Waals surface area contributed by atoms with Gasteiger partial charge in [-0.05, 0) is 51.1 Å². The second-order valence-electron chi connectivity index (χ2n) is 6.61. The Morgan fingerprint density at radius 3 is 2.63 bits per heavy atom. The van der Waals surface area contributed by atoms with E-state index >= 15 is 0 Å². The van der Waals surface area contributed by atoms with Gasteiger partial charge in [0.2, 0.25) is 0 Å². The first-order valence-corrected chi connectivity index (χ1v) is 9.19. The van der Waals surface area contributed by atoms with Crippen molar-refractivity contribution >= 4 is 28.6 Å². The van der Waals surface area contributed by atoms with Crippen molar-refractivity contribution in [2.75, 3.05) is 5.32 Å². The summed E-state index contributed by atoms with van der Waals surface area (Å²) >= 11 is 0. The summed E-state index contributed by atoms with van der Waals surface area (Å²) in [6, 6.07) is 7.13. The molecule has 1 atom stereocenters. The SMILES string of the molecule is CCn1c(=O)c(C)nc2cc(C(=O)O[C@@H](C)C(=O)Nc3cc(F)ccc3F)ccc21. The molecule has 1 amide bonds. The maximum absolute atomic E-state index is 13.7. The number of ether oxygens (including phenoxy) is 1. The molecule has 0 saturated carbocycles. The number of hydrogen-bond donors (Lipinski definition) is 1. The lowest BCUT2D eigenvalue weighted by Crippen LogP contribution is -2.30. The Kier molecular flexibility index (Phi) is 5.91. The smallest absolute Gasteiger partial charge is 0.338 e. The van der Waals surface area contributed by atoms with Gasteiger partial charge in [-0.3, -0.25) is 9.59 Å². The van der Waals surface area contributed by atoms with E-state index in [-0.39, 0.29) is 16.8 Å². The summed E-state index contributed by atoms with van der Waals surface area (Å²) < 4.78 is 33.6. The number of fused-ring (bicyclic) bond motifs is 1. The molecule has 1 aromatic heterocycles. The van der Waals surface area contributed by atoms with Gasteiger partial charge >= 0.3 is 5.97 Å². The molecule has 0 aliphatic rings. The normalized spacial score (nSPS) is 11.9. The number of rotatable bonds is 5. The van der Waals surface area contributed by atoms with Crippen LogP contribution < -0.4 is 10.9 Å². The second-order valence-corrected chi connectivity index (χ2v) is 6.61. The van der Waals surface area contributed by atoms with Crippen LogP contribution in [0.3, 0.4) is 0 Å². The Morgan fingerprint density at radius 2 is 1.93 bits per heavy atom. The number of nitrogens with one attached hydrogen (secondary N) is 1. The largest absolute Gasteiger partial charge is 0.449 e. The van der Waals surface area contributed by atoms with Crippen molar-refractivity contribution in [2.24, 2.45) is 0 Å². The molecular formula is C21H19F2N3O4. The lowest BCUT2D eigenvalue weighted by atomic mass is 10.2. The average molecular weight is 415 g/mol. The number of anilines is 1. The number of amides is 1. The molecule has 7 nitrogen and oxygen atoms in total. The Hall–Kier alpha value is -3.62. The standard InChI is InChI=1S/C21H19F2N3O4/c1-4-26-18-8-5-13(9-17(18)24-11(2)20(26)28)21(29)30-12(3)19(27)25-16-10-14(22)6-7-15(16)23/h5-10,12H,4H2,1-3H3,(H,25,27)/t12-/m0/s1. The van der Waals surface area contributed by atoms with Crippen LogP contribution in [-0.2, 0) is 16.1 Å². The van der Waals surface area contributed by atoms with E-state index in [1.165, 1.54) is 23.6 Å². The summed E-state index contributed by atoms with van der Waals surface area (Å²) in [6.45, 7) is 5.15. The minimum absolute atomic E-state index is 0.132. The third-order valence-electron chi connectivity index (χ3n) is 4.50. The van der Waals surface area contributed by atoms with Gasteiger partial charge in [-0.15, -0.1) is 0 Å². The number of esters is 1. The molecule has 156 valence electrons. The molecule has 0 fully saturated rings. The van der Waals surface area contributed by atoms with Crippen molar-refractivity contribution in [3.05, 3.63) is 69.6 Å². The molecule has 2 aromatic carbocycles. The van der Waals surface area contributed by atoms with E-state index < -0.39 is 29.6 Å². The van der Waals surface area contributed by atoms with Gasteiger partial charge in [0.1, 0.15) is 17.3 Å². The van der Waals surface area contributed by atoms with Crippen LogP contribution in [0.1, 0.15) is 29.9 Å². The van der Waals surface area contributed by atoms with Gasteiger partial charge in [-0.1, -0.05) is 0 Å². The van der Waals surface area contributed by atoms with E-state index in [9.17, 15) is 23.2 Å². The van der Waals surface area contributed by atoms with Crippen LogP contribution in [0.4, 0.5) is 14.5 Å². The molecule has 9 heteroatoms. The zero-order chi connectivity index (χ0) is 22.0. The molecule has 30 heavy (non-hydrogen) atoms. The van der Waals surface area contributed by atoms with Crippen LogP contribution in [0.2, 0.25) is 0 Å². The molecule has 0 radical (unpaired) electrons.